The third kappa shape index (κ3) is 8.49. The first-order valence-corrected chi connectivity index (χ1v) is 14.0. The molecule has 0 bridgehead atoms. The SMILES string of the molecule is CC(C)(C)OC(=O)NCCCOCCNc1cc(O)c(C(N)=O)cc1S(=O)(=O)Nc1cc(C(=O)O)c2cc[nH]c2c1. The number of aromatic carboxylic acids is 1. The van der Waals surface area contributed by atoms with Crippen molar-refractivity contribution in [1.82, 2.24) is 10.3 Å². The van der Waals surface area contributed by atoms with Crippen LogP contribution in [0.2, 0.25) is 0 Å². The van der Waals surface area contributed by atoms with Crippen molar-refractivity contribution in [2.75, 3.05) is 36.3 Å². The number of nitrogens with one attached hydrogen (secondary N) is 4. The van der Waals surface area contributed by atoms with E-state index in [0.29, 0.717) is 30.5 Å². The maximum absolute atomic E-state index is 13.4. The molecule has 2 aromatic carbocycles. The maximum Gasteiger partial charge on any atom is 0.407 e. The number of carbonyl (C=O) groups is 3. The zero-order valence-corrected chi connectivity index (χ0v) is 23.6. The van der Waals surface area contributed by atoms with Crippen molar-refractivity contribution < 1.29 is 42.5 Å². The average molecular weight is 592 g/mol. The number of carbonyl (C=O) groups excluding carboxylic acids is 2. The fourth-order valence-corrected chi connectivity index (χ4v) is 5.01. The lowest BCUT2D eigenvalue weighted by Gasteiger charge is -2.19. The van der Waals surface area contributed by atoms with Crippen molar-refractivity contribution in [3.63, 3.8) is 0 Å². The van der Waals surface area contributed by atoms with Gasteiger partial charge in [0.25, 0.3) is 15.9 Å². The van der Waals surface area contributed by atoms with E-state index in [4.69, 9.17) is 15.2 Å². The van der Waals surface area contributed by atoms with Crippen LogP contribution in [0.1, 0.15) is 47.9 Å². The number of hydrogen-bond donors (Lipinski definition) is 7. The summed E-state index contributed by atoms with van der Waals surface area (Å²) in [5.74, 6) is -2.83. The highest BCUT2D eigenvalue weighted by Crippen LogP contribution is 2.32. The molecule has 2 amide bonds. The minimum atomic E-state index is -4.42. The molecule has 0 saturated carbocycles. The summed E-state index contributed by atoms with van der Waals surface area (Å²) in [6.07, 6.45) is 1.49. The van der Waals surface area contributed by atoms with Crippen molar-refractivity contribution in [2.45, 2.75) is 37.7 Å². The number of aromatic hydroxyl groups is 1. The van der Waals surface area contributed by atoms with Gasteiger partial charge in [0.15, 0.2) is 0 Å². The second kappa shape index (κ2) is 12.8. The molecule has 0 fully saturated rings. The highest BCUT2D eigenvalue weighted by Gasteiger charge is 2.24. The summed E-state index contributed by atoms with van der Waals surface area (Å²) in [7, 11) is -4.42. The summed E-state index contributed by atoms with van der Waals surface area (Å²) in [4.78, 5) is 37.6. The fraction of sp³-hybridized carbons (Fsp3) is 0.346. The van der Waals surface area contributed by atoms with Crippen LogP contribution in [0.5, 0.6) is 5.75 Å². The highest BCUT2D eigenvalue weighted by molar-refractivity contribution is 7.92. The summed E-state index contributed by atoms with van der Waals surface area (Å²) in [6, 6.07) is 6.13. The van der Waals surface area contributed by atoms with Gasteiger partial charge >= 0.3 is 12.1 Å². The number of ether oxygens (including phenoxy) is 2. The number of nitrogens with two attached hydrogens (primary N) is 1. The third-order valence-electron chi connectivity index (χ3n) is 5.50. The molecule has 0 saturated heterocycles. The van der Waals surface area contributed by atoms with Crippen LogP contribution < -0.4 is 21.1 Å². The Hall–Kier alpha value is -4.50. The monoisotopic (exact) mass is 591 g/mol. The Morgan fingerprint density at radius 1 is 1.05 bits per heavy atom. The Labute approximate surface area is 236 Å². The van der Waals surface area contributed by atoms with Gasteiger partial charge in [-0.25, -0.2) is 18.0 Å². The molecule has 3 aromatic rings. The molecule has 41 heavy (non-hydrogen) atoms. The Morgan fingerprint density at radius 3 is 2.44 bits per heavy atom. The average Bonchev–Trinajstić information content (AvgIpc) is 3.31. The van der Waals surface area contributed by atoms with Crippen LogP contribution in [0, 0.1) is 0 Å². The molecule has 0 aliphatic carbocycles. The van der Waals surface area contributed by atoms with E-state index in [1.54, 1.807) is 26.8 Å². The van der Waals surface area contributed by atoms with E-state index >= 15 is 0 Å². The highest BCUT2D eigenvalue weighted by atomic mass is 32.2. The summed E-state index contributed by atoms with van der Waals surface area (Å²) < 4.78 is 39.8. The number of carboxylic acid groups (broad SMARTS) is 1. The second-order valence-corrected chi connectivity index (χ2v) is 11.6. The van der Waals surface area contributed by atoms with Crippen LogP contribution in [0.25, 0.3) is 10.9 Å². The van der Waals surface area contributed by atoms with Crippen molar-refractivity contribution in [3.05, 3.63) is 47.7 Å². The largest absolute Gasteiger partial charge is 0.507 e. The molecule has 15 heteroatoms. The van der Waals surface area contributed by atoms with Crippen LogP contribution >= 0.6 is 0 Å². The van der Waals surface area contributed by atoms with Crippen LogP contribution in [0.3, 0.4) is 0 Å². The van der Waals surface area contributed by atoms with Gasteiger partial charge < -0.3 is 41.0 Å². The van der Waals surface area contributed by atoms with E-state index in [-0.39, 0.29) is 30.1 Å². The molecule has 3 rings (SSSR count). The number of hydrogen-bond acceptors (Lipinski definition) is 9. The zero-order valence-electron chi connectivity index (χ0n) is 22.7. The Balaban J connectivity index is 1.69. The summed E-state index contributed by atoms with van der Waals surface area (Å²) in [5.41, 5.74) is 4.46. The molecule has 0 spiro atoms. The first-order valence-electron chi connectivity index (χ1n) is 12.5. The Kier molecular flexibility index (Phi) is 9.67. The smallest absolute Gasteiger partial charge is 0.407 e. The van der Waals surface area contributed by atoms with Gasteiger partial charge in [-0.2, -0.15) is 0 Å². The topological polar surface area (TPSA) is 222 Å². The lowest BCUT2D eigenvalue weighted by Crippen LogP contribution is -2.33. The van der Waals surface area contributed by atoms with Crippen LogP contribution in [-0.4, -0.2) is 73.5 Å². The van der Waals surface area contributed by atoms with Crippen LogP contribution in [0.15, 0.2) is 41.4 Å². The van der Waals surface area contributed by atoms with E-state index in [9.17, 15) is 33.0 Å². The lowest BCUT2D eigenvalue weighted by atomic mass is 10.1. The van der Waals surface area contributed by atoms with E-state index in [1.807, 2.05) is 0 Å². The summed E-state index contributed by atoms with van der Waals surface area (Å²) in [5, 5.41) is 25.7. The van der Waals surface area contributed by atoms with Gasteiger partial charge in [0, 0.05) is 42.9 Å². The van der Waals surface area contributed by atoms with E-state index in [1.165, 1.54) is 18.3 Å². The number of aromatic nitrogens is 1. The lowest BCUT2D eigenvalue weighted by molar-refractivity contribution is 0.0519. The minimum absolute atomic E-state index is 0.0414. The number of aromatic amines is 1. The van der Waals surface area contributed by atoms with E-state index in [0.717, 1.165) is 12.1 Å². The van der Waals surface area contributed by atoms with Crippen molar-refractivity contribution in [1.29, 1.82) is 0 Å². The van der Waals surface area contributed by atoms with Gasteiger partial charge in [-0.05, 0) is 51.5 Å². The number of fused-ring (bicyclic) bond motifs is 1. The van der Waals surface area contributed by atoms with Crippen LogP contribution in [-0.2, 0) is 19.5 Å². The van der Waals surface area contributed by atoms with Crippen LogP contribution in [0.4, 0.5) is 16.2 Å². The van der Waals surface area contributed by atoms with E-state index in [2.05, 4.69) is 20.3 Å². The number of rotatable bonds is 13. The van der Waals surface area contributed by atoms with Gasteiger partial charge in [-0.15, -0.1) is 0 Å². The Morgan fingerprint density at radius 2 is 1.78 bits per heavy atom. The molecule has 14 nitrogen and oxygen atoms in total. The second-order valence-electron chi connectivity index (χ2n) is 9.92. The van der Waals surface area contributed by atoms with Gasteiger partial charge in [-0.1, -0.05) is 0 Å². The number of primary amides is 1. The first kappa shape index (κ1) is 31.0. The molecule has 0 radical (unpaired) electrons. The number of carboxylic acids is 1. The number of amides is 2. The predicted molar refractivity (Wildman–Crippen MR) is 151 cm³/mol. The number of sulfonamides is 1. The number of H-pyrrole nitrogens is 1. The van der Waals surface area contributed by atoms with Gasteiger partial charge in [0.1, 0.15) is 16.2 Å². The third-order valence-corrected chi connectivity index (χ3v) is 6.92. The molecular formula is C26H33N5O9S. The van der Waals surface area contributed by atoms with Crippen molar-refractivity contribution >= 4 is 50.3 Å². The number of anilines is 2. The number of phenols is 1. The zero-order chi connectivity index (χ0) is 30.4. The molecule has 0 unspecified atom stereocenters. The van der Waals surface area contributed by atoms with Crippen molar-refractivity contribution in [3.8, 4) is 5.75 Å². The molecule has 0 atom stereocenters. The molecule has 0 aliphatic heterocycles. The standard InChI is InChI=1S/C26H33N5O9S/c1-26(2,3)40-25(36)30-6-4-9-39-10-8-29-20-14-21(32)18(23(27)33)13-22(20)41(37,38)31-15-11-17(24(34)35)16-5-7-28-19(16)12-15/h5,7,11-14,28-29,31-32H,4,6,8-10H2,1-3H3,(H2,27,33)(H,30,36)(H,34,35). The molecule has 1 aromatic heterocycles. The molecular weight excluding hydrogens is 558 g/mol. The molecule has 1 heterocycles. The summed E-state index contributed by atoms with van der Waals surface area (Å²) in [6.45, 7) is 6.16. The number of benzene rings is 2. The minimum Gasteiger partial charge on any atom is -0.507 e. The fourth-order valence-electron chi connectivity index (χ4n) is 3.78. The number of alkyl carbamates (subject to hydrolysis) is 1. The maximum atomic E-state index is 13.4. The quantitative estimate of drug-likeness (QED) is 0.144. The first-order chi connectivity index (χ1) is 19.2. The molecule has 0 aliphatic rings. The van der Waals surface area contributed by atoms with Gasteiger partial charge in [-0.3, -0.25) is 9.52 Å². The van der Waals surface area contributed by atoms with Gasteiger partial charge in [0.05, 0.1) is 29.1 Å². The van der Waals surface area contributed by atoms with E-state index < -0.39 is 49.8 Å². The summed E-state index contributed by atoms with van der Waals surface area (Å²) >= 11 is 0. The molecule has 222 valence electrons. The normalized spacial score (nSPS) is 11.7. The molecule has 8 N–H and O–H groups in total. The van der Waals surface area contributed by atoms with Crippen molar-refractivity contribution in [2.24, 2.45) is 5.73 Å². The Bertz CT molecular complexity index is 1540. The predicted octanol–water partition coefficient (Wildman–Crippen LogP) is 2.81. The van der Waals surface area contributed by atoms with Gasteiger partial charge in [0.2, 0.25) is 0 Å².